The van der Waals surface area contributed by atoms with Crippen LogP contribution in [0.4, 0.5) is 0 Å². The minimum Gasteiger partial charge on any atom is -0.465 e. The molecular formula is C62H74O20. The molecule has 82 heavy (non-hydrogen) atoms. The van der Waals surface area contributed by atoms with Crippen LogP contribution in [0.5, 0.6) is 23.0 Å². The lowest BCUT2D eigenvalue weighted by Crippen LogP contribution is -2.31. The number of carbonyl (C=O) groups is 10. The maximum Gasteiger partial charge on any atom is 0.330 e. The Morgan fingerprint density at radius 1 is 0.476 bits per heavy atom. The molecule has 442 valence electrons. The van der Waals surface area contributed by atoms with Gasteiger partial charge in [0, 0.05) is 25.0 Å². The molecule has 0 aromatic heterocycles. The van der Waals surface area contributed by atoms with Crippen LogP contribution < -0.4 is 18.9 Å². The van der Waals surface area contributed by atoms with E-state index in [4.69, 9.17) is 47.4 Å². The van der Waals surface area contributed by atoms with Gasteiger partial charge in [0.25, 0.3) is 0 Å². The highest BCUT2D eigenvalue weighted by atomic mass is 16.6. The Hall–Kier alpha value is -8.16. The van der Waals surface area contributed by atoms with Crippen LogP contribution in [-0.4, -0.2) is 97.8 Å². The Kier molecular flexibility index (Phi) is 25.5. The SMILES string of the molecule is C=CC(=O)OC(C)COC(=O)CCC(=O)OCCc1ccc(OC(=O)C2CCC(C(=O)Oc3cc(C)c(OC(=O)C4CCC(C(=O)Oc5ccc(CCOC(=O)CCC(=O)OC(C)C(C)OC(=O)C=C)cc5)CC4)c(C)c3C)CC2)cc1. The van der Waals surface area contributed by atoms with Crippen LogP contribution in [0.1, 0.15) is 126 Å². The van der Waals surface area contributed by atoms with Crippen molar-refractivity contribution >= 4 is 59.7 Å². The Morgan fingerprint density at radius 2 is 0.854 bits per heavy atom. The van der Waals surface area contributed by atoms with Crippen molar-refractivity contribution in [2.45, 2.75) is 150 Å². The Balaban J connectivity index is 0.955. The van der Waals surface area contributed by atoms with Crippen LogP contribution in [-0.2, 0) is 89.2 Å². The van der Waals surface area contributed by atoms with Gasteiger partial charge in [0.05, 0.1) is 62.6 Å². The largest absolute Gasteiger partial charge is 0.465 e. The highest BCUT2D eigenvalue weighted by molar-refractivity contribution is 5.83. The smallest absolute Gasteiger partial charge is 0.330 e. The molecule has 0 saturated heterocycles. The normalized spacial score (nSPS) is 17.6. The van der Waals surface area contributed by atoms with Crippen LogP contribution in [0.3, 0.4) is 0 Å². The third-order valence-corrected chi connectivity index (χ3v) is 14.2. The molecule has 0 spiro atoms. The molecule has 0 heterocycles. The summed E-state index contributed by atoms with van der Waals surface area (Å²) in [6.45, 7) is 16.7. The number of hydrogen-bond donors (Lipinski definition) is 0. The average Bonchev–Trinajstić information content (AvgIpc) is 3.50. The van der Waals surface area contributed by atoms with Gasteiger partial charge in [0.15, 0.2) is 0 Å². The van der Waals surface area contributed by atoms with Crippen molar-refractivity contribution in [2.75, 3.05) is 19.8 Å². The fourth-order valence-corrected chi connectivity index (χ4v) is 9.01. The Bertz CT molecular complexity index is 2760. The first-order valence-electron chi connectivity index (χ1n) is 27.6. The van der Waals surface area contributed by atoms with E-state index in [0.29, 0.717) is 104 Å². The number of ether oxygens (including phenoxy) is 10. The Labute approximate surface area is 477 Å². The number of rotatable bonds is 28. The number of benzene rings is 3. The molecule has 2 aliphatic rings. The van der Waals surface area contributed by atoms with E-state index in [2.05, 4.69) is 13.2 Å². The molecule has 3 unspecified atom stereocenters. The van der Waals surface area contributed by atoms with Gasteiger partial charge in [-0.15, -0.1) is 0 Å². The summed E-state index contributed by atoms with van der Waals surface area (Å²) in [7, 11) is 0. The van der Waals surface area contributed by atoms with Gasteiger partial charge >= 0.3 is 59.7 Å². The molecule has 20 nitrogen and oxygen atoms in total. The van der Waals surface area contributed by atoms with Gasteiger partial charge in [-0.05, 0) is 151 Å². The maximum atomic E-state index is 13.5. The molecule has 3 aromatic rings. The molecule has 20 heteroatoms. The predicted molar refractivity (Wildman–Crippen MR) is 293 cm³/mol. The summed E-state index contributed by atoms with van der Waals surface area (Å²) in [4.78, 5) is 124. The lowest BCUT2D eigenvalue weighted by atomic mass is 9.82. The average molecular weight is 1140 g/mol. The van der Waals surface area contributed by atoms with Gasteiger partial charge in [0.1, 0.15) is 47.9 Å². The van der Waals surface area contributed by atoms with Gasteiger partial charge in [-0.1, -0.05) is 37.4 Å². The van der Waals surface area contributed by atoms with Crippen molar-refractivity contribution in [3.63, 3.8) is 0 Å². The van der Waals surface area contributed by atoms with Crippen molar-refractivity contribution in [2.24, 2.45) is 23.7 Å². The second kappa shape index (κ2) is 32.3. The van der Waals surface area contributed by atoms with Crippen LogP contribution in [0.25, 0.3) is 0 Å². The van der Waals surface area contributed by atoms with E-state index in [1.807, 2.05) is 0 Å². The Morgan fingerprint density at radius 3 is 1.29 bits per heavy atom. The van der Waals surface area contributed by atoms with Crippen molar-refractivity contribution in [1.29, 1.82) is 0 Å². The molecule has 0 bridgehead atoms. The van der Waals surface area contributed by atoms with Crippen molar-refractivity contribution in [1.82, 2.24) is 0 Å². The monoisotopic (exact) mass is 1140 g/mol. The summed E-state index contributed by atoms with van der Waals surface area (Å²) in [6, 6.07) is 15.3. The number of hydrogen-bond acceptors (Lipinski definition) is 20. The van der Waals surface area contributed by atoms with Gasteiger partial charge in [-0.3, -0.25) is 38.4 Å². The van der Waals surface area contributed by atoms with Crippen LogP contribution in [0.2, 0.25) is 0 Å². The summed E-state index contributed by atoms with van der Waals surface area (Å²) >= 11 is 0. The summed E-state index contributed by atoms with van der Waals surface area (Å²) in [6.07, 6.45) is 3.43. The molecule has 2 aliphatic carbocycles. The van der Waals surface area contributed by atoms with E-state index in [0.717, 1.165) is 23.3 Å². The minimum absolute atomic E-state index is 0.0695. The van der Waals surface area contributed by atoms with Crippen LogP contribution in [0, 0.1) is 44.4 Å². The van der Waals surface area contributed by atoms with E-state index in [9.17, 15) is 47.9 Å². The van der Waals surface area contributed by atoms with Gasteiger partial charge in [0.2, 0.25) is 0 Å². The predicted octanol–water partition coefficient (Wildman–Crippen LogP) is 8.69. The third-order valence-electron chi connectivity index (χ3n) is 14.2. The zero-order valence-electron chi connectivity index (χ0n) is 47.5. The van der Waals surface area contributed by atoms with E-state index < -0.39 is 102 Å². The lowest BCUT2D eigenvalue weighted by Gasteiger charge is -2.27. The molecule has 0 N–H and O–H groups in total. The second-order valence-corrected chi connectivity index (χ2v) is 20.5. The molecule has 2 fully saturated rings. The molecule has 0 aliphatic heterocycles. The summed E-state index contributed by atoms with van der Waals surface area (Å²) in [5, 5.41) is 0. The van der Waals surface area contributed by atoms with Crippen molar-refractivity contribution in [3.05, 3.63) is 108 Å². The highest BCUT2D eigenvalue weighted by Gasteiger charge is 2.35. The molecule has 0 amide bonds. The quantitative estimate of drug-likeness (QED) is 0.0285. The first-order valence-corrected chi connectivity index (χ1v) is 27.6. The molecular weight excluding hydrogens is 1060 g/mol. The minimum atomic E-state index is -0.717. The zero-order valence-corrected chi connectivity index (χ0v) is 47.5. The van der Waals surface area contributed by atoms with E-state index in [1.165, 1.54) is 0 Å². The first-order chi connectivity index (χ1) is 39.1. The zero-order chi connectivity index (χ0) is 59.9. The van der Waals surface area contributed by atoms with Crippen molar-refractivity contribution in [3.8, 4) is 23.0 Å². The molecule has 0 radical (unpaired) electrons. The number of esters is 10. The topological polar surface area (TPSA) is 263 Å². The van der Waals surface area contributed by atoms with Crippen LogP contribution >= 0.6 is 0 Å². The number of carbonyl (C=O) groups excluding carboxylic acids is 10. The van der Waals surface area contributed by atoms with Crippen molar-refractivity contribution < 1.29 is 95.3 Å². The number of aryl methyl sites for hydroxylation is 1. The van der Waals surface area contributed by atoms with E-state index in [-0.39, 0.29) is 45.5 Å². The molecule has 3 aromatic carbocycles. The highest BCUT2D eigenvalue weighted by Crippen LogP contribution is 2.38. The summed E-state index contributed by atoms with van der Waals surface area (Å²) in [5.41, 5.74) is 3.56. The third kappa shape index (κ3) is 21.1. The lowest BCUT2D eigenvalue weighted by molar-refractivity contribution is -0.163. The first kappa shape index (κ1) is 64.7. The molecule has 2 saturated carbocycles. The molecule has 3 atom stereocenters. The second-order valence-electron chi connectivity index (χ2n) is 20.5. The molecule has 5 rings (SSSR count). The van der Waals surface area contributed by atoms with Gasteiger partial charge in [-0.2, -0.15) is 0 Å². The van der Waals surface area contributed by atoms with Crippen LogP contribution in [0.15, 0.2) is 79.9 Å². The maximum absolute atomic E-state index is 13.5. The standard InChI is InChI=1S/C62H74O20/c1-9-52(63)76-38(4)36-75-56(67)28-27-54(65)73-33-31-43-11-23-49(24-12-43)79-59(69)45-15-19-47(20-16-45)61(71)81-51-35-37(3)58(40(6)39(51)5)82-62(72)48-21-17-46(18-22-48)60(70)80-50-25-13-44(14-26-50)32-34-74-55(66)29-30-57(68)78-42(8)41(7)77-53(64)10-2/h9-14,23-26,35,38,41-42,45-48H,1-2,15-22,27-34,36H2,3-8H3. The van der Waals surface area contributed by atoms with E-state index >= 15 is 0 Å². The van der Waals surface area contributed by atoms with Gasteiger partial charge in [-0.25, -0.2) is 9.59 Å². The fraction of sp³-hybridized carbons (Fsp3) is 0.484. The van der Waals surface area contributed by atoms with E-state index in [1.54, 1.807) is 96.1 Å². The van der Waals surface area contributed by atoms with Gasteiger partial charge < -0.3 is 47.4 Å². The summed E-state index contributed by atoms with van der Waals surface area (Å²) < 4.78 is 53.9. The fourth-order valence-electron chi connectivity index (χ4n) is 9.01. The summed E-state index contributed by atoms with van der Waals surface area (Å²) in [5.74, 6) is -5.51.